The molecule has 0 saturated carbocycles. The highest BCUT2D eigenvalue weighted by atomic mass is 16.6. The molecule has 0 fully saturated rings. The maximum atomic E-state index is 13.7. The fourth-order valence-electron chi connectivity index (χ4n) is 5.55. The van der Waals surface area contributed by atoms with Crippen molar-refractivity contribution in [2.45, 2.75) is 39.2 Å². The molecule has 8 nitrogen and oxygen atoms in total. The molecule has 8 heteroatoms. The van der Waals surface area contributed by atoms with Crippen molar-refractivity contribution in [3.63, 3.8) is 0 Å². The van der Waals surface area contributed by atoms with E-state index in [4.69, 9.17) is 0 Å². The number of allylic oxidation sites excluding steroid dienone is 1. The third kappa shape index (κ3) is 5.70. The Bertz CT molecular complexity index is 1430. The van der Waals surface area contributed by atoms with Gasteiger partial charge in [-0.3, -0.25) is 19.7 Å². The molecule has 5 rings (SSSR count). The lowest BCUT2D eigenvalue weighted by Gasteiger charge is -2.37. The van der Waals surface area contributed by atoms with Gasteiger partial charge in [-0.1, -0.05) is 56.3 Å². The molecule has 0 radical (unpaired) electrons. The van der Waals surface area contributed by atoms with Crippen LogP contribution in [-0.4, -0.2) is 29.7 Å². The summed E-state index contributed by atoms with van der Waals surface area (Å²) in [5, 5.41) is 17.9. The lowest BCUT2D eigenvalue weighted by atomic mass is 9.73. The zero-order chi connectivity index (χ0) is 27.6. The third-order valence-corrected chi connectivity index (χ3v) is 7.32. The summed E-state index contributed by atoms with van der Waals surface area (Å²) in [7, 11) is 0. The first kappa shape index (κ1) is 26.2. The van der Waals surface area contributed by atoms with Crippen LogP contribution in [0.1, 0.15) is 43.9 Å². The van der Waals surface area contributed by atoms with Crippen LogP contribution in [0.4, 0.5) is 17.1 Å². The number of hydrogen-bond acceptors (Lipinski definition) is 6. The predicted octanol–water partition coefficient (Wildman–Crippen LogP) is 5.57. The molecule has 0 bridgehead atoms. The molecule has 0 saturated heterocycles. The van der Waals surface area contributed by atoms with Crippen molar-refractivity contribution in [3.8, 4) is 0 Å². The van der Waals surface area contributed by atoms with Gasteiger partial charge in [0, 0.05) is 36.4 Å². The summed E-state index contributed by atoms with van der Waals surface area (Å²) in [6.45, 7) is 4.65. The molecule has 1 amide bonds. The molecule has 1 aliphatic heterocycles. The molecule has 3 aromatic carbocycles. The van der Waals surface area contributed by atoms with Gasteiger partial charge in [-0.05, 0) is 53.6 Å². The minimum absolute atomic E-state index is 0.0133. The maximum Gasteiger partial charge on any atom is 0.269 e. The Morgan fingerprint density at radius 3 is 2.44 bits per heavy atom. The number of nitro groups is 1. The third-order valence-electron chi connectivity index (χ3n) is 7.32. The van der Waals surface area contributed by atoms with Gasteiger partial charge in [0.2, 0.25) is 5.91 Å². The fraction of sp³-hybridized carbons (Fsp3) is 0.290. The second kappa shape index (κ2) is 10.7. The van der Waals surface area contributed by atoms with E-state index in [1.807, 2.05) is 59.5 Å². The normalized spacial score (nSPS) is 17.9. The van der Waals surface area contributed by atoms with Gasteiger partial charge in [0.1, 0.15) is 0 Å². The number of benzene rings is 3. The molecule has 1 heterocycles. The monoisotopic (exact) mass is 524 g/mol. The van der Waals surface area contributed by atoms with Crippen molar-refractivity contribution in [2.75, 3.05) is 23.3 Å². The first-order chi connectivity index (χ1) is 18.7. The van der Waals surface area contributed by atoms with Gasteiger partial charge in [0.15, 0.2) is 5.78 Å². The summed E-state index contributed by atoms with van der Waals surface area (Å²) < 4.78 is 0. The van der Waals surface area contributed by atoms with Crippen molar-refractivity contribution in [3.05, 3.63) is 111 Å². The summed E-state index contributed by atoms with van der Waals surface area (Å²) in [4.78, 5) is 39.9. The van der Waals surface area contributed by atoms with Gasteiger partial charge in [-0.15, -0.1) is 0 Å². The van der Waals surface area contributed by atoms with E-state index in [0.717, 1.165) is 28.2 Å². The number of nitrogens with one attached hydrogen (secondary N) is 2. The molecule has 0 spiro atoms. The van der Waals surface area contributed by atoms with E-state index in [-0.39, 0.29) is 29.3 Å². The number of ketones is 1. The molecule has 2 N–H and O–H groups in total. The van der Waals surface area contributed by atoms with Crippen molar-refractivity contribution >= 4 is 28.8 Å². The van der Waals surface area contributed by atoms with Crippen LogP contribution in [0.5, 0.6) is 0 Å². The van der Waals surface area contributed by atoms with Crippen LogP contribution in [0.25, 0.3) is 0 Å². The van der Waals surface area contributed by atoms with Gasteiger partial charge in [-0.25, -0.2) is 0 Å². The molecule has 1 aliphatic carbocycles. The van der Waals surface area contributed by atoms with Crippen molar-refractivity contribution in [1.29, 1.82) is 0 Å². The number of nitrogens with zero attached hydrogens (tertiary/aromatic N) is 2. The quantitative estimate of drug-likeness (QED) is 0.309. The lowest BCUT2D eigenvalue weighted by molar-refractivity contribution is -0.384. The van der Waals surface area contributed by atoms with Gasteiger partial charge < -0.3 is 15.5 Å². The minimum atomic E-state index is -0.583. The number of Topliss-reactive ketones (excluding diaryl/α,β-unsaturated/α-hetero) is 1. The number of anilines is 2. The van der Waals surface area contributed by atoms with Gasteiger partial charge in [0.05, 0.1) is 28.9 Å². The minimum Gasteiger partial charge on any atom is -0.357 e. The highest BCUT2D eigenvalue weighted by Crippen LogP contribution is 2.48. The van der Waals surface area contributed by atoms with Crippen LogP contribution >= 0.6 is 0 Å². The lowest BCUT2D eigenvalue weighted by Crippen LogP contribution is -2.42. The van der Waals surface area contributed by atoms with E-state index in [9.17, 15) is 19.7 Å². The zero-order valence-corrected chi connectivity index (χ0v) is 22.1. The van der Waals surface area contributed by atoms with Crippen LogP contribution < -0.4 is 15.5 Å². The Morgan fingerprint density at radius 2 is 1.72 bits per heavy atom. The number of para-hydroxylation sites is 2. The molecular weight excluding hydrogens is 492 g/mol. The van der Waals surface area contributed by atoms with E-state index < -0.39 is 11.0 Å². The molecule has 0 aromatic heterocycles. The Hall–Kier alpha value is -4.46. The number of nitro benzene ring substituents is 1. The summed E-state index contributed by atoms with van der Waals surface area (Å²) in [5.41, 5.74) is 4.66. The van der Waals surface area contributed by atoms with Crippen molar-refractivity contribution in [1.82, 2.24) is 5.32 Å². The first-order valence-electron chi connectivity index (χ1n) is 13.2. The van der Waals surface area contributed by atoms with Gasteiger partial charge in [0.25, 0.3) is 5.69 Å². The maximum absolute atomic E-state index is 13.7. The van der Waals surface area contributed by atoms with Gasteiger partial charge in [-0.2, -0.15) is 0 Å². The predicted molar refractivity (Wildman–Crippen MR) is 151 cm³/mol. The Kier molecular flexibility index (Phi) is 7.19. The molecule has 3 aromatic rings. The number of carbonyl (C=O) groups is 2. The van der Waals surface area contributed by atoms with Crippen LogP contribution in [-0.2, 0) is 16.0 Å². The largest absolute Gasteiger partial charge is 0.357 e. The second-order valence-corrected chi connectivity index (χ2v) is 10.9. The second-order valence-electron chi connectivity index (χ2n) is 10.9. The average molecular weight is 525 g/mol. The highest BCUT2D eigenvalue weighted by molar-refractivity contribution is 6.01. The zero-order valence-electron chi connectivity index (χ0n) is 22.1. The van der Waals surface area contributed by atoms with E-state index in [1.165, 1.54) is 12.1 Å². The van der Waals surface area contributed by atoms with E-state index in [2.05, 4.69) is 24.5 Å². The Morgan fingerprint density at radius 1 is 1.03 bits per heavy atom. The Labute approximate surface area is 227 Å². The van der Waals surface area contributed by atoms with Crippen LogP contribution in [0.2, 0.25) is 0 Å². The molecular formula is C31H32N4O4. The van der Waals surface area contributed by atoms with E-state index >= 15 is 0 Å². The van der Waals surface area contributed by atoms with Crippen LogP contribution in [0, 0.1) is 15.5 Å². The van der Waals surface area contributed by atoms with Crippen LogP contribution in [0.3, 0.4) is 0 Å². The first-order valence-corrected chi connectivity index (χ1v) is 13.2. The van der Waals surface area contributed by atoms with Crippen molar-refractivity contribution in [2.24, 2.45) is 5.41 Å². The number of amides is 1. The molecule has 1 unspecified atom stereocenters. The number of non-ortho nitro benzene ring substituents is 1. The van der Waals surface area contributed by atoms with E-state index in [1.54, 1.807) is 12.1 Å². The molecule has 1 atom stereocenters. The number of rotatable bonds is 7. The topological polar surface area (TPSA) is 105 Å². The van der Waals surface area contributed by atoms with Crippen LogP contribution in [0.15, 0.2) is 90.1 Å². The fourth-order valence-corrected chi connectivity index (χ4v) is 5.55. The SMILES string of the molecule is CC1(C)CC(=O)C2=C(C1)Nc1ccccc1N(CC(=O)NCCc1ccccc1)C2c1ccc([N+](=O)[O-])cc1. The molecule has 200 valence electrons. The number of carbonyl (C=O) groups excluding carboxylic acids is 2. The van der Waals surface area contributed by atoms with Crippen molar-refractivity contribution < 1.29 is 14.5 Å². The Balaban J connectivity index is 1.54. The summed E-state index contributed by atoms with van der Waals surface area (Å²) in [6, 6.07) is 23.4. The molecule has 2 aliphatic rings. The number of fused-ring (bicyclic) bond motifs is 1. The summed E-state index contributed by atoms with van der Waals surface area (Å²) >= 11 is 0. The standard InChI is InChI=1S/C31H32N4O4/c1-31(2)18-25-29(27(36)19-31)30(22-12-14-23(15-13-22)35(38)39)34(26-11-7-6-10-24(26)33-25)20-28(37)32-17-16-21-8-4-3-5-9-21/h3-15,30,33H,16-20H2,1-2H3,(H,32,37). The summed E-state index contributed by atoms with van der Waals surface area (Å²) in [5.74, 6) is -0.153. The van der Waals surface area contributed by atoms with Gasteiger partial charge >= 0.3 is 0 Å². The molecule has 39 heavy (non-hydrogen) atoms. The summed E-state index contributed by atoms with van der Waals surface area (Å²) in [6.07, 6.45) is 1.76. The average Bonchev–Trinajstić information content (AvgIpc) is 3.03. The number of hydrogen-bond donors (Lipinski definition) is 2. The van der Waals surface area contributed by atoms with E-state index in [0.29, 0.717) is 31.4 Å². The smallest absolute Gasteiger partial charge is 0.269 e. The highest BCUT2D eigenvalue weighted by Gasteiger charge is 2.42.